The molecule has 3 aliphatic carbocycles. The second-order valence-electron chi connectivity index (χ2n) is 8.82. The van der Waals surface area contributed by atoms with E-state index in [0.29, 0.717) is 6.42 Å². The molecule has 0 radical (unpaired) electrons. The minimum Gasteiger partial charge on any atom is -0.429 e. The number of hydrogen-bond acceptors (Lipinski definition) is 4. The van der Waals surface area contributed by atoms with Crippen LogP contribution in [0.3, 0.4) is 0 Å². The number of carbonyl (C=O) groups excluding carboxylic acids is 1. The van der Waals surface area contributed by atoms with Gasteiger partial charge in [-0.25, -0.2) is 4.79 Å². The van der Waals surface area contributed by atoms with E-state index in [9.17, 15) is 36.2 Å². The van der Waals surface area contributed by atoms with Gasteiger partial charge in [-0.1, -0.05) is 12.2 Å². The predicted octanol–water partition coefficient (Wildman–Crippen LogP) is 4.62. The van der Waals surface area contributed by atoms with E-state index in [2.05, 4.69) is 9.47 Å². The summed E-state index contributed by atoms with van der Waals surface area (Å²) in [4.78, 5) is 11.9. The number of hydrogen-bond donors (Lipinski definition) is 1. The van der Waals surface area contributed by atoms with Crippen molar-refractivity contribution in [2.24, 2.45) is 29.6 Å². The largest absolute Gasteiger partial charge is 0.510 e. The third-order valence-corrected chi connectivity index (χ3v) is 6.02. The normalized spacial score (nSPS) is 35.2. The van der Waals surface area contributed by atoms with E-state index in [0.717, 1.165) is 0 Å². The van der Waals surface area contributed by atoms with Gasteiger partial charge in [0.25, 0.3) is 0 Å². The molecule has 0 heterocycles. The van der Waals surface area contributed by atoms with Gasteiger partial charge in [-0.05, 0) is 57.3 Å². The molecule has 0 aliphatic heterocycles. The minimum atomic E-state index is -5.99. The summed E-state index contributed by atoms with van der Waals surface area (Å²) >= 11 is 0. The van der Waals surface area contributed by atoms with Crippen molar-refractivity contribution in [3.8, 4) is 0 Å². The number of fused-ring (bicyclic) bond motifs is 5. The summed E-state index contributed by atoms with van der Waals surface area (Å²) in [6, 6.07) is 0. The molecule has 2 fully saturated rings. The van der Waals surface area contributed by atoms with Crippen molar-refractivity contribution < 1.29 is 45.7 Å². The monoisotopic (exact) mass is 416 g/mol. The molecule has 10 heteroatoms. The summed E-state index contributed by atoms with van der Waals surface area (Å²) in [6.45, 7) is 3.86. The number of ether oxygens (including phenoxy) is 2. The van der Waals surface area contributed by atoms with Gasteiger partial charge in [-0.3, -0.25) is 0 Å². The van der Waals surface area contributed by atoms with Gasteiger partial charge in [-0.15, -0.1) is 0 Å². The van der Waals surface area contributed by atoms with Crippen LogP contribution in [0.5, 0.6) is 0 Å². The van der Waals surface area contributed by atoms with E-state index < -0.39 is 60.0 Å². The molecule has 0 saturated heterocycles. The van der Waals surface area contributed by atoms with Crippen LogP contribution in [-0.2, 0) is 9.47 Å². The standard InChI is InChI=1S/C18H22F6O4/c1-15(2,3)27-14(26)28-16(17(19,20)21,18(22,23)24)11-7-10-8-4-5-9(6-8)12(10)13(11)25/h4-5,8-13,25H,6-7H2,1-3H3. The number of aliphatic hydroxyl groups excluding tert-OH is 1. The van der Waals surface area contributed by atoms with Crippen LogP contribution in [-0.4, -0.2) is 40.9 Å². The molecule has 3 rings (SSSR count). The van der Waals surface area contributed by atoms with E-state index in [1.54, 1.807) is 12.2 Å². The maximum atomic E-state index is 13.9. The molecule has 0 amide bonds. The highest BCUT2D eigenvalue weighted by Crippen LogP contribution is 2.63. The molecule has 160 valence electrons. The van der Waals surface area contributed by atoms with Crippen molar-refractivity contribution in [1.29, 1.82) is 0 Å². The van der Waals surface area contributed by atoms with Gasteiger partial charge >= 0.3 is 24.1 Å². The molecule has 6 unspecified atom stereocenters. The van der Waals surface area contributed by atoms with E-state index >= 15 is 0 Å². The van der Waals surface area contributed by atoms with E-state index in [4.69, 9.17) is 0 Å². The smallest absolute Gasteiger partial charge is 0.429 e. The molecule has 0 spiro atoms. The zero-order valence-corrected chi connectivity index (χ0v) is 15.5. The zero-order valence-electron chi connectivity index (χ0n) is 15.5. The molecule has 2 bridgehead atoms. The molecule has 6 atom stereocenters. The number of carbonyl (C=O) groups is 1. The molecule has 4 nitrogen and oxygen atoms in total. The lowest BCUT2D eigenvalue weighted by molar-refractivity contribution is -0.390. The van der Waals surface area contributed by atoms with Crippen molar-refractivity contribution in [3.63, 3.8) is 0 Å². The first-order valence-corrected chi connectivity index (χ1v) is 9.00. The fourth-order valence-electron chi connectivity index (χ4n) is 5.08. The summed E-state index contributed by atoms with van der Waals surface area (Å²) in [5.41, 5.74) is -6.20. The summed E-state index contributed by atoms with van der Waals surface area (Å²) in [5, 5.41) is 10.5. The van der Waals surface area contributed by atoms with Crippen LogP contribution >= 0.6 is 0 Å². The van der Waals surface area contributed by atoms with Crippen LogP contribution in [0.15, 0.2) is 12.2 Å². The van der Waals surface area contributed by atoms with Gasteiger partial charge in [0.15, 0.2) is 0 Å². The lowest BCUT2D eigenvalue weighted by Gasteiger charge is -2.42. The van der Waals surface area contributed by atoms with E-state index in [1.165, 1.54) is 20.8 Å². The van der Waals surface area contributed by atoms with Crippen molar-refractivity contribution >= 4 is 6.16 Å². The number of aliphatic hydroxyl groups is 1. The van der Waals surface area contributed by atoms with Crippen LogP contribution in [0.4, 0.5) is 31.1 Å². The van der Waals surface area contributed by atoms with Gasteiger partial charge in [0, 0.05) is 5.92 Å². The second-order valence-corrected chi connectivity index (χ2v) is 8.82. The Kier molecular flexibility index (Phi) is 4.76. The Morgan fingerprint density at radius 3 is 1.93 bits per heavy atom. The van der Waals surface area contributed by atoms with E-state index in [-0.39, 0.29) is 11.8 Å². The second kappa shape index (κ2) is 6.27. The van der Waals surface area contributed by atoms with Crippen molar-refractivity contribution in [2.75, 3.05) is 0 Å². The molecule has 0 aromatic heterocycles. The maximum absolute atomic E-state index is 13.9. The Balaban J connectivity index is 2.01. The SMILES string of the molecule is CC(C)(C)OC(=O)OC(C1CC2C3C=CC(C3)C2C1O)(C(F)(F)F)C(F)(F)F. The fraction of sp³-hybridized carbons (Fsp3) is 0.833. The van der Waals surface area contributed by atoms with Gasteiger partial charge in [-0.2, -0.15) is 26.3 Å². The topological polar surface area (TPSA) is 55.8 Å². The first-order valence-electron chi connectivity index (χ1n) is 9.00. The summed E-state index contributed by atoms with van der Waals surface area (Å²) in [5.74, 6) is -4.03. The third-order valence-electron chi connectivity index (χ3n) is 6.02. The van der Waals surface area contributed by atoms with Crippen LogP contribution in [0.25, 0.3) is 0 Å². The molecular formula is C18H22F6O4. The van der Waals surface area contributed by atoms with Crippen molar-refractivity contribution in [1.82, 2.24) is 0 Å². The molecule has 3 aliphatic rings. The Morgan fingerprint density at radius 2 is 1.46 bits per heavy atom. The van der Waals surface area contributed by atoms with E-state index in [1.807, 2.05) is 0 Å². The number of halogens is 6. The molecule has 2 saturated carbocycles. The molecular weight excluding hydrogens is 394 g/mol. The fourth-order valence-corrected chi connectivity index (χ4v) is 5.08. The first kappa shape index (κ1) is 21.3. The van der Waals surface area contributed by atoms with Gasteiger partial charge < -0.3 is 14.6 Å². The molecule has 28 heavy (non-hydrogen) atoms. The molecule has 0 aromatic rings. The number of rotatable bonds is 2. The summed E-state index contributed by atoms with van der Waals surface area (Å²) < 4.78 is 92.0. The Hall–Kier alpha value is -1.45. The first-order chi connectivity index (χ1) is 12.6. The van der Waals surface area contributed by atoms with Crippen LogP contribution < -0.4 is 0 Å². The highest BCUT2D eigenvalue weighted by Gasteiger charge is 2.81. The quantitative estimate of drug-likeness (QED) is 0.406. The maximum Gasteiger partial charge on any atom is 0.510 e. The molecule has 0 aromatic carbocycles. The summed E-state index contributed by atoms with van der Waals surface area (Å²) in [6.07, 6.45) is -12.4. The highest BCUT2D eigenvalue weighted by molar-refractivity contribution is 5.61. The Labute approximate surface area is 157 Å². The predicted molar refractivity (Wildman–Crippen MR) is 84.0 cm³/mol. The van der Waals surface area contributed by atoms with Crippen LogP contribution in [0.1, 0.15) is 33.6 Å². The number of alkyl halides is 6. The van der Waals surface area contributed by atoms with Crippen LogP contribution in [0, 0.1) is 29.6 Å². The Morgan fingerprint density at radius 1 is 0.929 bits per heavy atom. The lowest BCUT2D eigenvalue weighted by Crippen LogP contribution is -2.66. The Bertz CT molecular complexity index is 648. The number of allylic oxidation sites excluding steroid dienone is 2. The van der Waals surface area contributed by atoms with Gasteiger partial charge in [0.05, 0.1) is 6.10 Å². The minimum absolute atomic E-state index is 0.171. The summed E-state index contributed by atoms with van der Waals surface area (Å²) in [7, 11) is 0. The lowest BCUT2D eigenvalue weighted by atomic mass is 9.79. The zero-order chi connectivity index (χ0) is 21.3. The van der Waals surface area contributed by atoms with Crippen molar-refractivity contribution in [2.45, 2.75) is 63.3 Å². The highest BCUT2D eigenvalue weighted by atomic mass is 19.4. The average molecular weight is 416 g/mol. The van der Waals surface area contributed by atoms with Crippen molar-refractivity contribution in [3.05, 3.63) is 12.2 Å². The van der Waals surface area contributed by atoms with Crippen LogP contribution in [0.2, 0.25) is 0 Å². The molecule has 1 N–H and O–H groups in total. The van der Waals surface area contributed by atoms with Gasteiger partial charge in [0.2, 0.25) is 0 Å². The third kappa shape index (κ3) is 3.17. The average Bonchev–Trinajstić information content (AvgIpc) is 3.13. The van der Waals surface area contributed by atoms with Gasteiger partial charge in [0.1, 0.15) is 5.60 Å².